The molecule has 1 fully saturated rings. The Morgan fingerprint density at radius 1 is 1.27 bits per heavy atom. The van der Waals surface area contributed by atoms with Crippen molar-refractivity contribution in [1.82, 2.24) is 10.3 Å². The van der Waals surface area contributed by atoms with Crippen LogP contribution in [0.3, 0.4) is 0 Å². The van der Waals surface area contributed by atoms with E-state index in [9.17, 15) is 18.0 Å². The summed E-state index contributed by atoms with van der Waals surface area (Å²) in [6.45, 7) is 1.23. The number of alkyl halides is 3. The zero-order valence-electron chi connectivity index (χ0n) is 13.9. The monoisotopic (exact) mass is 365 g/mol. The molecular formula is C18H18F3N3O2. The van der Waals surface area contributed by atoms with Crippen LogP contribution in [0.15, 0.2) is 47.2 Å². The van der Waals surface area contributed by atoms with Crippen LogP contribution in [0.4, 0.5) is 19.0 Å². The highest BCUT2D eigenvalue weighted by molar-refractivity contribution is 5.91. The highest BCUT2D eigenvalue weighted by Gasteiger charge is 2.31. The number of carbonyl (C=O) groups excluding carboxylic acids is 1. The van der Waals surface area contributed by atoms with Gasteiger partial charge in [-0.3, -0.25) is 4.79 Å². The normalized spacial score (nSPS) is 16.2. The summed E-state index contributed by atoms with van der Waals surface area (Å²) in [6, 6.07) is 5.93. The summed E-state index contributed by atoms with van der Waals surface area (Å²) in [5, 5.41) is 2.92. The zero-order valence-corrected chi connectivity index (χ0v) is 13.9. The average molecular weight is 365 g/mol. The van der Waals surface area contributed by atoms with E-state index in [0.29, 0.717) is 37.5 Å². The van der Waals surface area contributed by atoms with Crippen molar-refractivity contribution < 1.29 is 22.4 Å². The smallest absolute Gasteiger partial charge is 0.417 e. The first kappa shape index (κ1) is 18.0. The van der Waals surface area contributed by atoms with Crippen LogP contribution in [0.1, 0.15) is 24.2 Å². The van der Waals surface area contributed by atoms with Crippen LogP contribution >= 0.6 is 0 Å². The zero-order chi connectivity index (χ0) is 18.6. The van der Waals surface area contributed by atoms with Gasteiger partial charge < -0.3 is 14.6 Å². The molecule has 2 aromatic heterocycles. The molecule has 8 heteroatoms. The van der Waals surface area contributed by atoms with Gasteiger partial charge in [-0.2, -0.15) is 13.2 Å². The van der Waals surface area contributed by atoms with Gasteiger partial charge in [-0.15, -0.1) is 0 Å². The summed E-state index contributed by atoms with van der Waals surface area (Å²) in [7, 11) is 0. The minimum atomic E-state index is -4.38. The van der Waals surface area contributed by atoms with E-state index >= 15 is 0 Å². The second kappa shape index (κ2) is 7.63. The van der Waals surface area contributed by atoms with Crippen molar-refractivity contribution in [1.29, 1.82) is 0 Å². The number of anilines is 1. The van der Waals surface area contributed by atoms with Gasteiger partial charge in [-0.25, -0.2) is 4.98 Å². The summed E-state index contributed by atoms with van der Waals surface area (Å²) in [5.41, 5.74) is -0.758. The maximum absolute atomic E-state index is 12.6. The highest BCUT2D eigenvalue weighted by Crippen LogP contribution is 2.29. The number of carbonyl (C=O) groups is 1. The fourth-order valence-electron chi connectivity index (χ4n) is 2.79. The topological polar surface area (TPSA) is 58.4 Å². The van der Waals surface area contributed by atoms with Crippen molar-refractivity contribution >= 4 is 17.8 Å². The molecule has 0 atom stereocenters. The number of pyridine rings is 1. The lowest BCUT2D eigenvalue weighted by atomic mass is 10.0. The van der Waals surface area contributed by atoms with Crippen molar-refractivity contribution in [2.75, 3.05) is 18.0 Å². The Hall–Kier alpha value is -2.77. The largest absolute Gasteiger partial charge is 0.465 e. The van der Waals surface area contributed by atoms with Crippen molar-refractivity contribution in [2.24, 2.45) is 0 Å². The summed E-state index contributed by atoms with van der Waals surface area (Å²) in [5.74, 6) is 0.913. The van der Waals surface area contributed by atoms with Crippen molar-refractivity contribution in [3.8, 4) is 0 Å². The Morgan fingerprint density at radius 2 is 2.04 bits per heavy atom. The summed E-state index contributed by atoms with van der Waals surface area (Å²) in [6.07, 6.45) is 2.41. The molecule has 0 unspecified atom stereocenters. The van der Waals surface area contributed by atoms with Crippen LogP contribution in [-0.4, -0.2) is 30.0 Å². The quantitative estimate of drug-likeness (QED) is 0.843. The molecule has 0 radical (unpaired) electrons. The van der Waals surface area contributed by atoms with E-state index in [1.165, 1.54) is 18.4 Å². The molecule has 26 heavy (non-hydrogen) atoms. The van der Waals surface area contributed by atoms with Crippen LogP contribution in [0.2, 0.25) is 0 Å². The number of amides is 1. The second-order valence-electron chi connectivity index (χ2n) is 6.02. The Morgan fingerprint density at radius 3 is 2.62 bits per heavy atom. The van der Waals surface area contributed by atoms with Crippen LogP contribution in [0.5, 0.6) is 0 Å². The molecule has 138 valence electrons. The summed E-state index contributed by atoms with van der Waals surface area (Å²) < 4.78 is 42.9. The van der Waals surface area contributed by atoms with E-state index in [2.05, 4.69) is 10.3 Å². The van der Waals surface area contributed by atoms with Crippen molar-refractivity contribution in [3.63, 3.8) is 0 Å². The predicted molar refractivity (Wildman–Crippen MR) is 90.4 cm³/mol. The number of furan rings is 1. The second-order valence-corrected chi connectivity index (χ2v) is 6.02. The standard InChI is InChI=1S/C18H18F3N3O2/c19-18(20,21)13-3-5-16(22-12-13)24-9-7-14(8-10-24)23-17(25)6-4-15-2-1-11-26-15/h1-6,11-12,14H,7-10H2,(H,23,25)/b6-4+. The van der Waals surface area contributed by atoms with Gasteiger partial charge in [0.05, 0.1) is 11.8 Å². The first-order chi connectivity index (χ1) is 12.4. The lowest BCUT2D eigenvalue weighted by Gasteiger charge is -2.33. The fourth-order valence-corrected chi connectivity index (χ4v) is 2.79. The number of rotatable bonds is 4. The molecule has 1 N–H and O–H groups in total. The Labute approximate surface area is 148 Å². The van der Waals surface area contributed by atoms with E-state index in [0.717, 1.165) is 12.3 Å². The lowest BCUT2D eigenvalue weighted by molar-refractivity contribution is -0.137. The SMILES string of the molecule is O=C(/C=C/c1ccco1)NC1CCN(c2ccc(C(F)(F)F)cn2)CC1. The van der Waals surface area contributed by atoms with E-state index in [4.69, 9.17) is 4.42 Å². The maximum atomic E-state index is 12.6. The minimum Gasteiger partial charge on any atom is -0.465 e. The molecule has 0 spiro atoms. The van der Waals surface area contributed by atoms with Crippen LogP contribution in [0.25, 0.3) is 6.08 Å². The molecule has 1 aliphatic heterocycles. The molecule has 0 aliphatic carbocycles. The van der Waals surface area contributed by atoms with E-state index < -0.39 is 11.7 Å². The van der Waals surface area contributed by atoms with Gasteiger partial charge in [0.2, 0.25) is 5.91 Å². The van der Waals surface area contributed by atoms with E-state index in [1.54, 1.807) is 18.2 Å². The summed E-state index contributed by atoms with van der Waals surface area (Å²) in [4.78, 5) is 17.7. The molecule has 1 aliphatic rings. The third-order valence-electron chi connectivity index (χ3n) is 4.18. The molecule has 1 saturated heterocycles. The minimum absolute atomic E-state index is 0.0226. The van der Waals surface area contributed by atoms with E-state index in [-0.39, 0.29) is 11.9 Å². The van der Waals surface area contributed by atoms with Crippen LogP contribution in [-0.2, 0) is 11.0 Å². The maximum Gasteiger partial charge on any atom is 0.417 e. The average Bonchev–Trinajstić information content (AvgIpc) is 3.14. The fraction of sp³-hybridized carbons (Fsp3) is 0.333. The molecule has 2 aromatic rings. The van der Waals surface area contributed by atoms with Gasteiger partial charge in [-0.1, -0.05) is 0 Å². The third kappa shape index (κ3) is 4.65. The molecule has 1 amide bonds. The molecular weight excluding hydrogens is 347 g/mol. The number of piperidine rings is 1. The predicted octanol–water partition coefficient (Wildman–Crippen LogP) is 3.49. The lowest BCUT2D eigenvalue weighted by Crippen LogP contribution is -2.44. The number of nitrogens with zero attached hydrogens (tertiary/aromatic N) is 2. The summed E-state index contributed by atoms with van der Waals surface area (Å²) >= 11 is 0. The first-order valence-electron chi connectivity index (χ1n) is 8.22. The van der Waals surface area contributed by atoms with Crippen molar-refractivity contribution in [2.45, 2.75) is 25.1 Å². The number of hydrogen-bond donors (Lipinski definition) is 1. The van der Waals surface area contributed by atoms with Gasteiger partial charge in [0.1, 0.15) is 11.6 Å². The number of aromatic nitrogens is 1. The number of halogens is 3. The first-order valence-corrected chi connectivity index (χ1v) is 8.22. The third-order valence-corrected chi connectivity index (χ3v) is 4.18. The van der Waals surface area contributed by atoms with Crippen molar-refractivity contribution in [3.05, 3.63) is 54.1 Å². The van der Waals surface area contributed by atoms with Gasteiger partial charge >= 0.3 is 6.18 Å². The molecule has 0 aromatic carbocycles. The van der Waals surface area contributed by atoms with E-state index in [1.807, 2.05) is 4.90 Å². The highest BCUT2D eigenvalue weighted by atomic mass is 19.4. The number of hydrogen-bond acceptors (Lipinski definition) is 4. The van der Waals surface area contributed by atoms with Gasteiger partial charge in [-0.05, 0) is 43.2 Å². The van der Waals surface area contributed by atoms with Crippen LogP contribution < -0.4 is 10.2 Å². The van der Waals surface area contributed by atoms with Gasteiger partial charge in [0.25, 0.3) is 0 Å². The molecule has 0 bridgehead atoms. The Kier molecular flexibility index (Phi) is 5.29. The molecule has 0 saturated carbocycles. The van der Waals surface area contributed by atoms with Crippen LogP contribution in [0, 0.1) is 0 Å². The molecule has 3 rings (SSSR count). The van der Waals surface area contributed by atoms with Gasteiger partial charge in [0.15, 0.2) is 0 Å². The molecule has 3 heterocycles. The Balaban J connectivity index is 1.49. The molecule has 5 nitrogen and oxygen atoms in total. The van der Waals surface area contributed by atoms with Gasteiger partial charge in [0, 0.05) is 31.4 Å². The Bertz CT molecular complexity index is 747. The number of nitrogens with one attached hydrogen (secondary N) is 1.